The molecule has 2 fully saturated rings. The van der Waals surface area contributed by atoms with E-state index >= 15 is 4.39 Å². The minimum atomic E-state index is -3.83. The highest BCUT2D eigenvalue weighted by atomic mass is 35.5. The van der Waals surface area contributed by atoms with Crippen LogP contribution in [-0.2, 0) is 10.0 Å². The number of aromatic nitrogens is 4. The third kappa shape index (κ3) is 7.01. The van der Waals surface area contributed by atoms with Gasteiger partial charge in [-0.1, -0.05) is 23.7 Å². The summed E-state index contributed by atoms with van der Waals surface area (Å²) in [5, 5.41) is 23.6. The summed E-state index contributed by atoms with van der Waals surface area (Å²) >= 11 is 6.82. The van der Waals surface area contributed by atoms with Crippen molar-refractivity contribution in [3.8, 4) is 11.6 Å². The second kappa shape index (κ2) is 14.1. The number of anilines is 2. The Labute approximate surface area is 302 Å². The predicted molar refractivity (Wildman–Crippen MR) is 190 cm³/mol. The number of aliphatic hydroxyl groups is 1. The molecule has 1 saturated carbocycles. The van der Waals surface area contributed by atoms with Crippen molar-refractivity contribution in [1.29, 1.82) is 0 Å². The molecule has 2 aliphatic rings. The van der Waals surface area contributed by atoms with E-state index in [2.05, 4.69) is 20.3 Å². The smallest absolute Gasteiger partial charge is 0.341 e. The van der Waals surface area contributed by atoms with E-state index in [9.17, 15) is 28.2 Å². The molecule has 5 aromatic rings. The summed E-state index contributed by atoms with van der Waals surface area (Å²) in [6, 6.07) is 12.0. The first-order valence-electron chi connectivity index (χ1n) is 16.4. The Balaban J connectivity index is 1.01. The molecule has 0 amide bonds. The molecule has 0 radical (unpaired) electrons. The van der Waals surface area contributed by atoms with Crippen LogP contribution in [0.15, 0.2) is 83.1 Å². The van der Waals surface area contributed by atoms with Gasteiger partial charge in [0.1, 0.15) is 34.2 Å². The van der Waals surface area contributed by atoms with Crippen molar-refractivity contribution in [2.75, 3.05) is 36.9 Å². The fourth-order valence-electron chi connectivity index (χ4n) is 6.28. The van der Waals surface area contributed by atoms with Crippen molar-refractivity contribution < 1.29 is 32.6 Å². The van der Waals surface area contributed by atoms with Gasteiger partial charge < -0.3 is 29.7 Å². The molecule has 2 atom stereocenters. The Hall–Kier alpha value is -5.16. The van der Waals surface area contributed by atoms with Crippen LogP contribution in [0.2, 0.25) is 5.02 Å². The molecule has 1 saturated heterocycles. The van der Waals surface area contributed by atoms with Crippen LogP contribution in [-0.4, -0.2) is 81.1 Å². The first kappa shape index (κ1) is 35.3. The highest BCUT2D eigenvalue weighted by Gasteiger charge is 2.32. The van der Waals surface area contributed by atoms with Crippen molar-refractivity contribution in [3.05, 3.63) is 106 Å². The van der Waals surface area contributed by atoms with Crippen molar-refractivity contribution in [1.82, 2.24) is 23.8 Å². The highest BCUT2D eigenvalue weighted by molar-refractivity contribution is 7.89. The van der Waals surface area contributed by atoms with Gasteiger partial charge in [0.25, 0.3) is 0 Å². The van der Waals surface area contributed by atoms with E-state index in [-0.39, 0.29) is 45.5 Å². The zero-order valence-corrected chi connectivity index (χ0v) is 29.3. The third-order valence-corrected chi connectivity index (χ3v) is 11.3. The van der Waals surface area contributed by atoms with E-state index in [4.69, 9.17) is 16.3 Å². The van der Waals surface area contributed by atoms with Gasteiger partial charge in [0.05, 0.1) is 27.7 Å². The molecule has 1 aliphatic carbocycles. The van der Waals surface area contributed by atoms with Crippen molar-refractivity contribution in [2.45, 2.75) is 42.3 Å². The summed E-state index contributed by atoms with van der Waals surface area (Å²) in [6.07, 6.45) is 6.49. The van der Waals surface area contributed by atoms with Crippen LogP contribution in [0.1, 0.15) is 47.3 Å². The minimum absolute atomic E-state index is 0.0137. The van der Waals surface area contributed by atoms with E-state index in [0.717, 1.165) is 23.2 Å². The van der Waals surface area contributed by atoms with E-state index < -0.39 is 38.9 Å². The van der Waals surface area contributed by atoms with Crippen LogP contribution in [0.3, 0.4) is 0 Å². The molecule has 1 aliphatic heterocycles. The standard InChI is InChI=1S/C35H33ClFN7O7S/c1-42(52(49,50)24-3-2-11-38-15-24)18-28(45)20-4-8-23(9-5-20)51-30-14-29(39-19-40-30)41-21-10-12-43(16-21)33-27(37)13-25-32(31(33)36)44(22-6-7-22)17-26(34(25)46)35(47)48/h2-5,8-9,11,13-15,17,19,21-22,28,45H,6-7,10,12,16,18H2,1H3,(H,47,48)(H,39,40,41)/t21?,28-/m0/s1. The highest BCUT2D eigenvalue weighted by Crippen LogP contribution is 2.43. The van der Waals surface area contributed by atoms with E-state index in [1.165, 1.54) is 44.1 Å². The van der Waals surface area contributed by atoms with Gasteiger partial charge >= 0.3 is 5.97 Å². The van der Waals surface area contributed by atoms with Crippen molar-refractivity contribution >= 4 is 50.0 Å². The maximum Gasteiger partial charge on any atom is 0.341 e. The number of rotatable bonds is 12. The molecule has 14 nitrogen and oxygen atoms in total. The van der Waals surface area contributed by atoms with Gasteiger partial charge in [-0.15, -0.1) is 0 Å². The SMILES string of the molecule is CN(C[C@H](O)c1ccc(Oc2cc(NC3CCN(c4c(F)cc5c(=O)c(C(=O)O)cn(C6CC6)c5c4Cl)C3)ncn2)cc1)S(=O)(=O)c1cccnc1. The summed E-state index contributed by atoms with van der Waals surface area (Å²) in [5.74, 6) is -0.954. The molecule has 270 valence electrons. The first-order chi connectivity index (χ1) is 24.9. The Kier molecular flexibility index (Phi) is 9.56. The van der Waals surface area contributed by atoms with Gasteiger partial charge in [-0.3, -0.25) is 9.78 Å². The van der Waals surface area contributed by atoms with Gasteiger partial charge in [-0.2, -0.15) is 4.31 Å². The number of nitrogens with one attached hydrogen (secondary N) is 1. The number of fused-ring (bicyclic) bond motifs is 1. The van der Waals surface area contributed by atoms with Crippen molar-refractivity contribution in [3.63, 3.8) is 0 Å². The molecule has 2 aromatic carbocycles. The maximum absolute atomic E-state index is 15.6. The average molecular weight is 750 g/mol. The summed E-state index contributed by atoms with van der Waals surface area (Å²) in [6.45, 7) is 0.649. The summed E-state index contributed by atoms with van der Waals surface area (Å²) in [4.78, 5) is 38.8. The largest absolute Gasteiger partial charge is 0.477 e. The lowest BCUT2D eigenvalue weighted by Gasteiger charge is -2.23. The predicted octanol–water partition coefficient (Wildman–Crippen LogP) is 4.85. The lowest BCUT2D eigenvalue weighted by molar-refractivity contribution is 0.0694. The fraction of sp³-hybridized carbons (Fsp3) is 0.286. The number of ether oxygens (including phenoxy) is 1. The minimum Gasteiger partial charge on any atom is -0.477 e. The van der Waals surface area contributed by atoms with Gasteiger partial charge in [0.15, 0.2) is 0 Å². The summed E-state index contributed by atoms with van der Waals surface area (Å²) in [5.41, 5.74) is -0.236. The quantitative estimate of drug-likeness (QED) is 0.158. The van der Waals surface area contributed by atoms with E-state index in [1.807, 2.05) is 0 Å². The number of pyridine rings is 2. The zero-order valence-electron chi connectivity index (χ0n) is 27.7. The number of carbonyl (C=O) groups is 1. The van der Waals surface area contributed by atoms with Crippen LogP contribution in [0.5, 0.6) is 11.6 Å². The summed E-state index contributed by atoms with van der Waals surface area (Å²) < 4.78 is 49.9. The van der Waals surface area contributed by atoms with Gasteiger partial charge in [0, 0.05) is 63.4 Å². The number of carboxylic acids is 1. The average Bonchev–Trinajstić information content (AvgIpc) is 3.88. The number of carboxylic acid groups (broad SMARTS) is 1. The monoisotopic (exact) mass is 749 g/mol. The maximum atomic E-state index is 15.6. The number of nitrogens with zero attached hydrogens (tertiary/aromatic N) is 6. The van der Waals surface area contributed by atoms with Crippen molar-refractivity contribution in [2.24, 2.45) is 0 Å². The second-order valence-corrected chi connectivity index (χ2v) is 15.1. The Bertz CT molecular complexity index is 2330. The molecule has 3 N–H and O–H groups in total. The van der Waals surface area contributed by atoms with Crippen LogP contribution in [0, 0.1) is 5.82 Å². The number of likely N-dealkylation sites (N-methyl/N-ethyl adjacent to an activating group) is 1. The lowest BCUT2D eigenvalue weighted by atomic mass is 10.1. The number of aliphatic hydroxyl groups excluding tert-OH is 1. The number of benzene rings is 2. The molecular weight excluding hydrogens is 717 g/mol. The zero-order chi connectivity index (χ0) is 36.7. The number of sulfonamides is 1. The van der Waals surface area contributed by atoms with E-state index in [0.29, 0.717) is 42.2 Å². The first-order valence-corrected chi connectivity index (χ1v) is 18.2. The molecule has 17 heteroatoms. The topological polar surface area (TPSA) is 180 Å². The van der Waals surface area contributed by atoms with Crippen LogP contribution >= 0.6 is 11.6 Å². The molecular formula is C35H33ClFN7O7S. The van der Waals surface area contributed by atoms with E-state index in [1.54, 1.807) is 39.8 Å². The van der Waals surface area contributed by atoms with Gasteiger partial charge in [0.2, 0.25) is 21.3 Å². The second-order valence-electron chi connectivity index (χ2n) is 12.7. The van der Waals surface area contributed by atoms with Crippen LogP contribution in [0.4, 0.5) is 15.9 Å². The Morgan fingerprint density at radius 3 is 2.63 bits per heavy atom. The molecule has 3 aromatic heterocycles. The molecule has 1 unspecified atom stereocenters. The molecule has 7 rings (SSSR count). The van der Waals surface area contributed by atoms with Gasteiger partial charge in [-0.25, -0.2) is 27.6 Å². The fourth-order valence-corrected chi connectivity index (χ4v) is 7.84. The molecule has 0 spiro atoms. The molecule has 0 bridgehead atoms. The number of hydrogen-bond acceptors (Lipinski definition) is 11. The molecule has 52 heavy (non-hydrogen) atoms. The summed E-state index contributed by atoms with van der Waals surface area (Å²) in [7, 11) is -2.44. The Morgan fingerprint density at radius 1 is 1.17 bits per heavy atom. The van der Waals surface area contributed by atoms with Gasteiger partial charge in [-0.05, 0) is 55.2 Å². The lowest BCUT2D eigenvalue weighted by Crippen LogP contribution is -2.31. The molecule has 4 heterocycles. The number of aromatic carboxylic acids is 1. The number of halogens is 2. The third-order valence-electron chi connectivity index (χ3n) is 9.11. The number of hydrogen-bond donors (Lipinski definition) is 3. The Morgan fingerprint density at radius 2 is 1.94 bits per heavy atom. The van der Waals surface area contributed by atoms with Crippen LogP contribution < -0.4 is 20.4 Å². The van der Waals surface area contributed by atoms with Crippen LogP contribution in [0.25, 0.3) is 10.9 Å². The normalized spacial score (nSPS) is 16.7.